The highest BCUT2D eigenvalue weighted by Crippen LogP contribution is 2.40. The molecule has 1 aliphatic heterocycles. The number of nitrogens with one attached hydrogen (secondary N) is 2. The van der Waals surface area contributed by atoms with Crippen molar-refractivity contribution < 1.29 is 24.1 Å². The first kappa shape index (κ1) is 25.9. The molecule has 1 aromatic heterocycles. The number of ether oxygens (including phenoxy) is 3. The van der Waals surface area contributed by atoms with Crippen LogP contribution in [0.25, 0.3) is 0 Å². The number of rotatable bonds is 10. The maximum Gasteiger partial charge on any atom is 0.223 e. The molecule has 0 unspecified atom stereocenters. The topological polar surface area (TPSA) is 118 Å². The van der Waals surface area contributed by atoms with E-state index < -0.39 is 0 Å². The quantitative estimate of drug-likeness (QED) is 0.379. The number of carbonyl (C=O) groups excluding carboxylic acids is 1. The summed E-state index contributed by atoms with van der Waals surface area (Å²) in [4.78, 5) is 14.8. The van der Waals surface area contributed by atoms with Gasteiger partial charge < -0.3 is 34.9 Å². The molecule has 196 valence electrons. The molecule has 10 heteroatoms. The number of hydrogen-bond acceptors (Lipinski definition) is 9. The van der Waals surface area contributed by atoms with Gasteiger partial charge in [-0.3, -0.25) is 4.79 Å². The highest BCUT2D eigenvalue weighted by Gasteiger charge is 2.25. The zero-order valence-corrected chi connectivity index (χ0v) is 21.4. The second kappa shape index (κ2) is 12.2. The van der Waals surface area contributed by atoms with Gasteiger partial charge in [-0.25, -0.2) is 0 Å². The van der Waals surface area contributed by atoms with Crippen molar-refractivity contribution in [2.24, 2.45) is 5.92 Å². The van der Waals surface area contributed by atoms with Crippen LogP contribution in [0.4, 0.5) is 17.3 Å². The molecule has 37 heavy (non-hydrogen) atoms. The summed E-state index contributed by atoms with van der Waals surface area (Å²) in [5.74, 6) is 3.30. The molecule has 2 aromatic carbocycles. The van der Waals surface area contributed by atoms with E-state index >= 15 is 0 Å². The van der Waals surface area contributed by atoms with Gasteiger partial charge in [-0.2, -0.15) is 0 Å². The Hall–Kier alpha value is -4.21. The Bertz CT molecular complexity index is 1150. The lowest BCUT2D eigenvalue weighted by molar-refractivity contribution is -0.125. The van der Waals surface area contributed by atoms with Crippen molar-refractivity contribution in [3.8, 4) is 23.0 Å². The second-order valence-electron chi connectivity index (χ2n) is 8.78. The predicted molar refractivity (Wildman–Crippen MR) is 141 cm³/mol. The SMILES string of the molecule is COc1cc(Nc2ccc(N3CCC(C(=O)NCCc4ccc(O)cc4)CC3)nn2)cc(OC)c1OC. The standard InChI is InChI=1S/C27H33N5O5/c1-35-22-16-20(17-23(36-2)26(22)37-3)29-24-8-9-25(31-30-24)32-14-11-19(12-15-32)27(34)28-13-10-18-4-6-21(33)7-5-18/h4-9,16-17,19,33H,10-15H2,1-3H3,(H,28,34)(H,29,30). The first-order valence-electron chi connectivity index (χ1n) is 12.2. The number of hydrogen-bond donors (Lipinski definition) is 3. The van der Waals surface area contributed by atoms with Gasteiger partial charge in [-0.05, 0) is 49.1 Å². The molecule has 0 saturated carbocycles. The summed E-state index contributed by atoms with van der Waals surface area (Å²) < 4.78 is 16.2. The smallest absolute Gasteiger partial charge is 0.223 e. The van der Waals surface area contributed by atoms with E-state index in [1.807, 2.05) is 24.3 Å². The van der Waals surface area contributed by atoms with E-state index in [2.05, 4.69) is 25.7 Å². The van der Waals surface area contributed by atoms with Crippen molar-refractivity contribution in [3.63, 3.8) is 0 Å². The number of methoxy groups -OCH3 is 3. The van der Waals surface area contributed by atoms with Gasteiger partial charge >= 0.3 is 0 Å². The summed E-state index contributed by atoms with van der Waals surface area (Å²) >= 11 is 0. The molecule has 10 nitrogen and oxygen atoms in total. The monoisotopic (exact) mass is 507 g/mol. The van der Waals surface area contributed by atoms with E-state index in [-0.39, 0.29) is 17.6 Å². The molecule has 3 N–H and O–H groups in total. The second-order valence-corrected chi connectivity index (χ2v) is 8.78. The number of aromatic nitrogens is 2. The molecule has 1 fully saturated rings. The van der Waals surface area contributed by atoms with Crippen molar-refractivity contribution in [1.82, 2.24) is 15.5 Å². The van der Waals surface area contributed by atoms with E-state index in [4.69, 9.17) is 14.2 Å². The van der Waals surface area contributed by atoms with Crippen LogP contribution in [0.3, 0.4) is 0 Å². The van der Waals surface area contributed by atoms with Crippen molar-refractivity contribution in [1.29, 1.82) is 0 Å². The number of phenols is 1. The van der Waals surface area contributed by atoms with Crippen LogP contribution < -0.4 is 29.7 Å². The van der Waals surface area contributed by atoms with Crippen molar-refractivity contribution in [2.75, 3.05) is 51.2 Å². The molecular weight excluding hydrogens is 474 g/mol. The lowest BCUT2D eigenvalue weighted by Crippen LogP contribution is -2.41. The minimum atomic E-state index is -0.00926. The molecule has 1 aliphatic rings. The number of carbonyl (C=O) groups is 1. The van der Waals surface area contributed by atoms with E-state index in [0.29, 0.717) is 29.6 Å². The molecular formula is C27H33N5O5. The third-order valence-electron chi connectivity index (χ3n) is 6.43. The molecule has 0 spiro atoms. The Kier molecular flexibility index (Phi) is 8.50. The van der Waals surface area contributed by atoms with E-state index in [1.54, 1.807) is 45.6 Å². The van der Waals surface area contributed by atoms with Gasteiger partial charge in [0, 0.05) is 43.4 Å². The van der Waals surface area contributed by atoms with Crippen molar-refractivity contribution in [2.45, 2.75) is 19.3 Å². The third kappa shape index (κ3) is 6.52. The minimum absolute atomic E-state index is 0.00926. The highest BCUT2D eigenvalue weighted by atomic mass is 16.5. The molecule has 0 radical (unpaired) electrons. The van der Waals surface area contributed by atoms with E-state index in [9.17, 15) is 9.90 Å². The van der Waals surface area contributed by atoms with Gasteiger partial charge in [0.25, 0.3) is 0 Å². The van der Waals surface area contributed by atoms with E-state index in [1.165, 1.54) is 0 Å². The average molecular weight is 508 g/mol. The number of nitrogens with zero attached hydrogens (tertiary/aromatic N) is 3. The number of anilines is 3. The fourth-order valence-electron chi connectivity index (χ4n) is 4.37. The van der Waals surface area contributed by atoms with Gasteiger partial charge in [-0.15, -0.1) is 10.2 Å². The molecule has 1 amide bonds. The summed E-state index contributed by atoms with van der Waals surface area (Å²) in [5.41, 5.74) is 1.81. The summed E-state index contributed by atoms with van der Waals surface area (Å²) in [7, 11) is 4.70. The highest BCUT2D eigenvalue weighted by molar-refractivity contribution is 5.79. The molecule has 0 atom stereocenters. The number of piperidine rings is 1. The summed E-state index contributed by atoms with van der Waals surface area (Å²) in [6.07, 6.45) is 2.26. The molecule has 2 heterocycles. The van der Waals surface area contributed by atoms with Crippen LogP contribution in [0.2, 0.25) is 0 Å². The number of amides is 1. The molecule has 0 bridgehead atoms. The van der Waals surface area contributed by atoms with Crippen LogP contribution in [0, 0.1) is 5.92 Å². The van der Waals surface area contributed by atoms with Gasteiger partial charge in [-0.1, -0.05) is 12.1 Å². The zero-order chi connectivity index (χ0) is 26.2. The molecule has 4 rings (SSSR count). The number of benzene rings is 2. The van der Waals surface area contributed by atoms with Crippen LogP contribution in [0.1, 0.15) is 18.4 Å². The Morgan fingerprint density at radius 1 is 0.973 bits per heavy atom. The van der Waals surface area contributed by atoms with Crippen LogP contribution in [-0.4, -0.2) is 62.2 Å². The zero-order valence-electron chi connectivity index (χ0n) is 21.4. The number of phenolic OH excluding ortho intramolecular Hbond substituents is 1. The maximum absolute atomic E-state index is 12.6. The first-order chi connectivity index (χ1) is 18.0. The van der Waals surface area contributed by atoms with Gasteiger partial charge in [0.05, 0.1) is 21.3 Å². The van der Waals surface area contributed by atoms with Gasteiger partial charge in [0.15, 0.2) is 23.1 Å². The van der Waals surface area contributed by atoms with Gasteiger partial charge in [0.1, 0.15) is 5.75 Å². The fourth-order valence-corrected chi connectivity index (χ4v) is 4.37. The maximum atomic E-state index is 12.6. The Labute approximate surface area is 216 Å². The molecule has 0 aliphatic carbocycles. The Morgan fingerprint density at radius 3 is 2.22 bits per heavy atom. The lowest BCUT2D eigenvalue weighted by atomic mass is 9.96. The van der Waals surface area contributed by atoms with Gasteiger partial charge in [0.2, 0.25) is 11.7 Å². The largest absolute Gasteiger partial charge is 0.508 e. The normalized spacial score (nSPS) is 13.6. The minimum Gasteiger partial charge on any atom is -0.508 e. The summed E-state index contributed by atoms with van der Waals surface area (Å²) in [6, 6.07) is 14.4. The summed E-state index contributed by atoms with van der Waals surface area (Å²) in [5, 5.41) is 24.3. The van der Waals surface area contributed by atoms with Crippen LogP contribution >= 0.6 is 0 Å². The van der Waals surface area contributed by atoms with Crippen LogP contribution in [0.15, 0.2) is 48.5 Å². The Balaban J connectivity index is 1.27. The fraction of sp³-hybridized carbons (Fsp3) is 0.370. The van der Waals surface area contributed by atoms with Crippen LogP contribution in [0.5, 0.6) is 23.0 Å². The first-order valence-corrected chi connectivity index (χ1v) is 12.2. The van der Waals surface area contributed by atoms with Crippen molar-refractivity contribution >= 4 is 23.2 Å². The third-order valence-corrected chi connectivity index (χ3v) is 6.43. The van der Waals surface area contributed by atoms with Crippen molar-refractivity contribution in [3.05, 3.63) is 54.1 Å². The van der Waals surface area contributed by atoms with E-state index in [0.717, 1.165) is 49.4 Å². The molecule has 1 saturated heterocycles. The summed E-state index contributed by atoms with van der Waals surface area (Å²) in [6.45, 7) is 2.06. The lowest BCUT2D eigenvalue weighted by Gasteiger charge is -2.31. The van der Waals surface area contributed by atoms with Crippen LogP contribution in [-0.2, 0) is 11.2 Å². The Morgan fingerprint density at radius 2 is 1.65 bits per heavy atom. The predicted octanol–water partition coefficient (Wildman–Crippen LogP) is 3.53. The number of aromatic hydroxyl groups is 1. The molecule has 3 aromatic rings. The average Bonchev–Trinajstić information content (AvgIpc) is 2.94.